The van der Waals surface area contributed by atoms with E-state index < -0.39 is 0 Å². The van der Waals surface area contributed by atoms with Gasteiger partial charge < -0.3 is 9.72 Å². The molecule has 3 rings (SSSR count). The van der Waals surface area contributed by atoms with Crippen molar-refractivity contribution in [3.63, 3.8) is 0 Å². The van der Waals surface area contributed by atoms with Crippen LogP contribution in [0.25, 0.3) is 5.65 Å². The number of aromatic nitrogens is 6. The molecule has 0 unspecified atom stereocenters. The third-order valence-electron chi connectivity index (χ3n) is 2.93. The van der Waals surface area contributed by atoms with Gasteiger partial charge in [0.25, 0.3) is 0 Å². The van der Waals surface area contributed by atoms with Gasteiger partial charge in [0, 0.05) is 25.5 Å². The lowest BCUT2D eigenvalue weighted by atomic mass is 10.6. The molecule has 9 heteroatoms. The zero-order chi connectivity index (χ0) is 14.8. The van der Waals surface area contributed by atoms with Crippen molar-refractivity contribution in [1.29, 1.82) is 0 Å². The number of anilines is 1. The van der Waals surface area contributed by atoms with Gasteiger partial charge in [0.15, 0.2) is 10.8 Å². The highest BCUT2D eigenvalue weighted by Gasteiger charge is 2.14. The molecular formula is C12H15N7OS. The van der Waals surface area contributed by atoms with Crippen molar-refractivity contribution in [3.05, 3.63) is 29.1 Å². The molecule has 3 aromatic heterocycles. The standard InChI is InChI=1S/C12H15N7OS/c1-3-13-8-7-18-6-5-14-9(18)10(15-8)21-12-17-16-11(20)19(12)4-2/h5-7,13H,3-4H2,1-2H3,(H,16,20). The van der Waals surface area contributed by atoms with E-state index in [0.717, 1.165) is 18.0 Å². The Balaban J connectivity index is 2.06. The molecule has 0 aliphatic carbocycles. The van der Waals surface area contributed by atoms with Gasteiger partial charge in [0.1, 0.15) is 10.8 Å². The molecule has 0 aliphatic rings. The maximum Gasteiger partial charge on any atom is 0.343 e. The van der Waals surface area contributed by atoms with Gasteiger partial charge in [-0.2, -0.15) is 0 Å². The zero-order valence-corrected chi connectivity index (χ0v) is 12.5. The van der Waals surface area contributed by atoms with E-state index in [4.69, 9.17) is 0 Å². The summed E-state index contributed by atoms with van der Waals surface area (Å²) in [7, 11) is 0. The fourth-order valence-electron chi connectivity index (χ4n) is 1.98. The normalized spacial score (nSPS) is 11.1. The highest BCUT2D eigenvalue weighted by molar-refractivity contribution is 7.99. The van der Waals surface area contributed by atoms with Gasteiger partial charge >= 0.3 is 5.69 Å². The topological polar surface area (TPSA) is 92.9 Å². The van der Waals surface area contributed by atoms with E-state index in [2.05, 4.69) is 25.5 Å². The first-order chi connectivity index (χ1) is 10.2. The Bertz CT molecular complexity index is 818. The van der Waals surface area contributed by atoms with E-state index in [9.17, 15) is 4.79 Å². The molecule has 110 valence electrons. The average molecular weight is 305 g/mol. The Morgan fingerprint density at radius 2 is 2.29 bits per heavy atom. The van der Waals surface area contributed by atoms with E-state index in [1.807, 2.05) is 30.6 Å². The quantitative estimate of drug-likeness (QED) is 0.736. The van der Waals surface area contributed by atoms with Crippen LogP contribution in [0.1, 0.15) is 13.8 Å². The summed E-state index contributed by atoms with van der Waals surface area (Å²) in [5.41, 5.74) is 0.516. The Morgan fingerprint density at radius 1 is 1.43 bits per heavy atom. The third-order valence-corrected chi connectivity index (χ3v) is 3.89. The van der Waals surface area contributed by atoms with Crippen LogP contribution < -0.4 is 11.0 Å². The molecule has 0 atom stereocenters. The van der Waals surface area contributed by atoms with Gasteiger partial charge in [0.2, 0.25) is 0 Å². The van der Waals surface area contributed by atoms with Gasteiger partial charge in [-0.15, -0.1) is 5.10 Å². The van der Waals surface area contributed by atoms with Crippen molar-refractivity contribution in [3.8, 4) is 0 Å². The van der Waals surface area contributed by atoms with Crippen molar-refractivity contribution in [2.24, 2.45) is 0 Å². The molecule has 0 aromatic carbocycles. The molecule has 0 aliphatic heterocycles. The molecule has 0 saturated carbocycles. The van der Waals surface area contributed by atoms with E-state index in [1.165, 1.54) is 11.8 Å². The summed E-state index contributed by atoms with van der Waals surface area (Å²) < 4.78 is 3.46. The van der Waals surface area contributed by atoms with Gasteiger partial charge in [-0.25, -0.2) is 19.9 Å². The van der Waals surface area contributed by atoms with Crippen LogP contribution >= 0.6 is 11.8 Å². The molecule has 2 N–H and O–H groups in total. The number of nitrogens with one attached hydrogen (secondary N) is 2. The van der Waals surface area contributed by atoms with Gasteiger partial charge in [-0.1, -0.05) is 0 Å². The maximum absolute atomic E-state index is 11.6. The Kier molecular flexibility index (Phi) is 3.65. The molecule has 3 aromatic rings. The zero-order valence-electron chi connectivity index (χ0n) is 11.7. The number of nitrogens with zero attached hydrogens (tertiary/aromatic N) is 5. The van der Waals surface area contributed by atoms with Crippen molar-refractivity contribution >= 4 is 23.2 Å². The second-order valence-electron chi connectivity index (χ2n) is 4.28. The molecule has 8 nitrogen and oxygen atoms in total. The summed E-state index contributed by atoms with van der Waals surface area (Å²) >= 11 is 1.32. The van der Waals surface area contributed by atoms with E-state index >= 15 is 0 Å². The van der Waals surface area contributed by atoms with Crippen molar-refractivity contribution in [1.82, 2.24) is 29.1 Å². The number of fused-ring (bicyclic) bond motifs is 1. The number of aromatic amines is 1. The van der Waals surface area contributed by atoms with Crippen LogP contribution in [0.15, 0.2) is 33.6 Å². The molecule has 0 radical (unpaired) electrons. The average Bonchev–Trinajstić information content (AvgIpc) is 3.06. The Labute approximate surface area is 124 Å². The number of hydrogen-bond donors (Lipinski definition) is 2. The van der Waals surface area contributed by atoms with E-state index in [0.29, 0.717) is 16.7 Å². The second kappa shape index (κ2) is 5.60. The summed E-state index contributed by atoms with van der Waals surface area (Å²) in [5.74, 6) is 0.756. The number of rotatable bonds is 5. The molecule has 0 bridgehead atoms. The predicted molar refractivity (Wildman–Crippen MR) is 79.8 cm³/mol. The van der Waals surface area contributed by atoms with Crippen LogP contribution in [0.5, 0.6) is 0 Å². The lowest BCUT2D eigenvalue weighted by molar-refractivity contribution is 0.660. The molecule has 0 amide bonds. The SMILES string of the molecule is CCNc1cn2ccnc2c(Sc2n[nH]c(=O)n2CC)n1. The third kappa shape index (κ3) is 2.51. The second-order valence-corrected chi connectivity index (χ2v) is 5.23. The minimum Gasteiger partial charge on any atom is -0.369 e. The first-order valence-corrected chi connectivity index (χ1v) is 7.45. The van der Waals surface area contributed by atoms with Crippen molar-refractivity contribution in [2.75, 3.05) is 11.9 Å². The first kappa shape index (κ1) is 13.7. The van der Waals surface area contributed by atoms with Crippen molar-refractivity contribution in [2.45, 2.75) is 30.6 Å². The number of hydrogen-bond acceptors (Lipinski definition) is 6. The van der Waals surface area contributed by atoms with Gasteiger partial charge in [-0.05, 0) is 25.6 Å². The van der Waals surface area contributed by atoms with Gasteiger partial charge in [-0.3, -0.25) is 4.57 Å². The van der Waals surface area contributed by atoms with Gasteiger partial charge in [0.05, 0.1) is 6.20 Å². The van der Waals surface area contributed by atoms with E-state index in [1.54, 1.807) is 10.8 Å². The first-order valence-electron chi connectivity index (χ1n) is 6.63. The van der Waals surface area contributed by atoms with Crippen LogP contribution in [0.3, 0.4) is 0 Å². The molecule has 3 heterocycles. The smallest absolute Gasteiger partial charge is 0.343 e. The summed E-state index contributed by atoms with van der Waals surface area (Å²) in [4.78, 5) is 20.5. The maximum atomic E-state index is 11.6. The Hall–Kier alpha value is -2.29. The highest BCUT2D eigenvalue weighted by Crippen LogP contribution is 2.27. The predicted octanol–water partition coefficient (Wildman–Crippen LogP) is 1.22. The van der Waals surface area contributed by atoms with Crippen LogP contribution in [0.2, 0.25) is 0 Å². The Morgan fingerprint density at radius 3 is 3.05 bits per heavy atom. The van der Waals surface area contributed by atoms with Crippen LogP contribution in [0.4, 0.5) is 5.82 Å². The van der Waals surface area contributed by atoms with Crippen LogP contribution in [-0.4, -0.2) is 35.7 Å². The molecule has 0 saturated heterocycles. The highest BCUT2D eigenvalue weighted by atomic mass is 32.2. The fraction of sp³-hybridized carbons (Fsp3) is 0.333. The summed E-state index contributed by atoms with van der Waals surface area (Å²) in [6.45, 7) is 5.23. The minimum absolute atomic E-state index is 0.220. The minimum atomic E-state index is -0.220. The lowest BCUT2D eigenvalue weighted by Crippen LogP contribution is -2.16. The molecule has 0 spiro atoms. The van der Waals surface area contributed by atoms with Crippen LogP contribution in [-0.2, 0) is 6.54 Å². The molecule has 21 heavy (non-hydrogen) atoms. The summed E-state index contributed by atoms with van der Waals surface area (Å²) in [6.07, 6.45) is 5.46. The fourth-order valence-corrected chi connectivity index (χ4v) is 2.96. The monoisotopic (exact) mass is 305 g/mol. The molecular weight excluding hydrogens is 290 g/mol. The van der Waals surface area contributed by atoms with Crippen molar-refractivity contribution < 1.29 is 0 Å². The number of imidazole rings is 1. The number of H-pyrrole nitrogens is 1. The molecule has 0 fully saturated rings. The largest absolute Gasteiger partial charge is 0.369 e. The van der Waals surface area contributed by atoms with Crippen LogP contribution in [0, 0.1) is 0 Å². The lowest BCUT2D eigenvalue weighted by Gasteiger charge is -2.07. The summed E-state index contributed by atoms with van der Waals surface area (Å²) in [6, 6.07) is 0. The summed E-state index contributed by atoms with van der Waals surface area (Å²) in [5, 5.41) is 11.0. The van der Waals surface area contributed by atoms with E-state index in [-0.39, 0.29) is 5.69 Å².